The molecule has 7 nitrogen and oxygen atoms in total. The van der Waals surface area contributed by atoms with Gasteiger partial charge in [-0.25, -0.2) is 9.97 Å². The Balaban J connectivity index is 1.41. The standard InChI is InChI=1S/C20H22N6OS2/c1-3-25-17(12-28-19-21-9-6-10-22-19)23-24-20(25)29-13-18(27)26-14(2)11-15-7-4-5-8-16(15)26/h4-10,14H,3,11-13H2,1-2H3/t14-/m1/s1. The molecular weight excluding hydrogens is 404 g/mol. The van der Waals surface area contributed by atoms with Crippen LogP contribution < -0.4 is 4.90 Å². The molecule has 1 atom stereocenters. The number of hydrogen-bond acceptors (Lipinski definition) is 7. The minimum Gasteiger partial charge on any atom is -0.308 e. The van der Waals surface area contributed by atoms with Crippen LogP contribution in [0.1, 0.15) is 25.2 Å². The van der Waals surface area contributed by atoms with Crippen molar-refractivity contribution in [3.63, 3.8) is 0 Å². The number of carbonyl (C=O) groups excluding carboxylic acids is 1. The largest absolute Gasteiger partial charge is 0.308 e. The van der Waals surface area contributed by atoms with Crippen molar-refractivity contribution in [2.45, 2.75) is 48.9 Å². The van der Waals surface area contributed by atoms with E-state index in [-0.39, 0.29) is 11.9 Å². The second kappa shape index (κ2) is 8.96. The third kappa shape index (κ3) is 4.30. The van der Waals surface area contributed by atoms with Gasteiger partial charge in [0.15, 0.2) is 10.3 Å². The number of benzene rings is 1. The minimum atomic E-state index is 0.103. The SMILES string of the molecule is CCn1c(CSc2ncccn2)nnc1SCC(=O)N1c2ccccc2C[C@H]1C. The third-order valence-corrected chi connectivity index (χ3v) is 6.61. The smallest absolute Gasteiger partial charge is 0.237 e. The average Bonchev–Trinajstić information content (AvgIpc) is 3.30. The van der Waals surface area contributed by atoms with Gasteiger partial charge in [-0.05, 0) is 38.0 Å². The summed E-state index contributed by atoms with van der Waals surface area (Å²) < 4.78 is 2.05. The van der Waals surface area contributed by atoms with Crippen molar-refractivity contribution in [2.24, 2.45) is 0 Å². The molecular formula is C20H22N6OS2. The van der Waals surface area contributed by atoms with E-state index in [2.05, 4.69) is 44.6 Å². The van der Waals surface area contributed by atoms with Crippen LogP contribution in [0.15, 0.2) is 53.0 Å². The molecule has 3 aromatic rings. The summed E-state index contributed by atoms with van der Waals surface area (Å²) in [6.45, 7) is 4.90. The second-order valence-electron chi connectivity index (χ2n) is 6.70. The summed E-state index contributed by atoms with van der Waals surface area (Å²) in [5, 5.41) is 10.1. The number of carbonyl (C=O) groups is 1. The first-order chi connectivity index (χ1) is 14.2. The van der Waals surface area contributed by atoms with Crippen molar-refractivity contribution in [3.05, 3.63) is 54.1 Å². The summed E-state index contributed by atoms with van der Waals surface area (Å²) in [6.07, 6.45) is 4.36. The Morgan fingerprint density at radius 1 is 1.14 bits per heavy atom. The number of hydrogen-bond donors (Lipinski definition) is 0. The molecule has 3 heterocycles. The fourth-order valence-corrected chi connectivity index (χ4v) is 5.10. The molecule has 0 N–H and O–H groups in total. The van der Waals surface area contributed by atoms with Gasteiger partial charge in [0.2, 0.25) is 5.91 Å². The Morgan fingerprint density at radius 3 is 2.72 bits per heavy atom. The van der Waals surface area contributed by atoms with E-state index >= 15 is 0 Å². The minimum absolute atomic E-state index is 0.103. The van der Waals surface area contributed by atoms with Gasteiger partial charge >= 0.3 is 0 Å². The van der Waals surface area contributed by atoms with Gasteiger partial charge in [0.05, 0.1) is 11.5 Å². The molecule has 9 heteroatoms. The molecule has 150 valence electrons. The molecule has 0 spiro atoms. The van der Waals surface area contributed by atoms with E-state index in [1.165, 1.54) is 29.1 Å². The van der Waals surface area contributed by atoms with E-state index in [0.717, 1.165) is 29.6 Å². The van der Waals surface area contributed by atoms with Gasteiger partial charge in [-0.15, -0.1) is 10.2 Å². The van der Waals surface area contributed by atoms with Crippen molar-refractivity contribution in [1.29, 1.82) is 0 Å². The molecule has 0 saturated heterocycles. The van der Waals surface area contributed by atoms with Crippen LogP contribution in [-0.4, -0.2) is 42.4 Å². The number of anilines is 1. The zero-order valence-corrected chi connectivity index (χ0v) is 18.0. The summed E-state index contributed by atoms with van der Waals surface area (Å²) in [4.78, 5) is 23.3. The number of rotatable bonds is 7. The van der Waals surface area contributed by atoms with Crippen molar-refractivity contribution in [1.82, 2.24) is 24.7 Å². The van der Waals surface area contributed by atoms with Crippen LogP contribution >= 0.6 is 23.5 Å². The van der Waals surface area contributed by atoms with Crippen molar-refractivity contribution in [2.75, 3.05) is 10.7 Å². The van der Waals surface area contributed by atoms with E-state index in [1.54, 1.807) is 18.5 Å². The maximum Gasteiger partial charge on any atom is 0.237 e. The van der Waals surface area contributed by atoms with E-state index in [0.29, 0.717) is 16.7 Å². The highest BCUT2D eigenvalue weighted by Gasteiger charge is 2.30. The normalized spacial score (nSPS) is 15.5. The van der Waals surface area contributed by atoms with Crippen LogP contribution in [-0.2, 0) is 23.5 Å². The van der Waals surface area contributed by atoms with Gasteiger partial charge in [0.25, 0.3) is 0 Å². The average molecular weight is 427 g/mol. The Bertz CT molecular complexity index is 994. The topological polar surface area (TPSA) is 76.8 Å². The van der Waals surface area contributed by atoms with E-state index in [1.807, 2.05) is 23.1 Å². The van der Waals surface area contributed by atoms with Crippen LogP contribution in [0.3, 0.4) is 0 Å². The summed E-state index contributed by atoms with van der Waals surface area (Å²) in [6, 6.07) is 10.1. The molecule has 29 heavy (non-hydrogen) atoms. The zero-order chi connectivity index (χ0) is 20.2. The molecule has 0 aliphatic carbocycles. The fraction of sp³-hybridized carbons (Fsp3) is 0.350. The van der Waals surface area contributed by atoms with Gasteiger partial charge in [-0.2, -0.15) is 0 Å². The first-order valence-corrected chi connectivity index (χ1v) is 11.5. The van der Waals surface area contributed by atoms with Crippen LogP contribution in [0, 0.1) is 0 Å². The first-order valence-electron chi connectivity index (χ1n) is 9.52. The Kier molecular flexibility index (Phi) is 6.15. The number of thioether (sulfide) groups is 2. The summed E-state index contributed by atoms with van der Waals surface area (Å²) in [5.74, 6) is 1.94. The zero-order valence-electron chi connectivity index (χ0n) is 16.4. The highest BCUT2D eigenvalue weighted by atomic mass is 32.2. The van der Waals surface area contributed by atoms with E-state index in [9.17, 15) is 4.79 Å². The maximum absolute atomic E-state index is 12.9. The van der Waals surface area contributed by atoms with E-state index < -0.39 is 0 Å². The monoisotopic (exact) mass is 426 g/mol. The molecule has 0 unspecified atom stereocenters. The van der Waals surface area contributed by atoms with Crippen LogP contribution in [0.4, 0.5) is 5.69 Å². The number of amides is 1. The number of para-hydroxylation sites is 1. The highest BCUT2D eigenvalue weighted by Crippen LogP contribution is 2.33. The number of fused-ring (bicyclic) bond motifs is 1. The van der Waals surface area contributed by atoms with Crippen LogP contribution in [0.2, 0.25) is 0 Å². The highest BCUT2D eigenvalue weighted by molar-refractivity contribution is 7.99. The lowest BCUT2D eigenvalue weighted by atomic mass is 10.1. The number of nitrogens with zero attached hydrogens (tertiary/aromatic N) is 6. The lowest BCUT2D eigenvalue weighted by Gasteiger charge is -2.22. The lowest BCUT2D eigenvalue weighted by Crippen LogP contribution is -2.37. The Morgan fingerprint density at radius 2 is 1.93 bits per heavy atom. The predicted octanol–water partition coefficient (Wildman–Crippen LogP) is 3.45. The van der Waals surface area contributed by atoms with Gasteiger partial charge < -0.3 is 9.47 Å². The molecule has 1 aromatic carbocycles. The summed E-state index contributed by atoms with van der Waals surface area (Å²) in [7, 11) is 0. The molecule has 0 bridgehead atoms. The van der Waals surface area contributed by atoms with Gasteiger partial charge in [-0.1, -0.05) is 41.7 Å². The number of aromatic nitrogens is 5. The molecule has 1 amide bonds. The Hall–Kier alpha value is -2.39. The first kappa shape index (κ1) is 19.9. The predicted molar refractivity (Wildman–Crippen MR) is 115 cm³/mol. The molecule has 0 fully saturated rings. The summed E-state index contributed by atoms with van der Waals surface area (Å²) >= 11 is 2.97. The van der Waals surface area contributed by atoms with Crippen molar-refractivity contribution in [3.8, 4) is 0 Å². The molecule has 4 rings (SSSR count). The van der Waals surface area contributed by atoms with Gasteiger partial charge in [0.1, 0.15) is 5.82 Å². The van der Waals surface area contributed by atoms with Crippen LogP contribution in [0.5, 0.6) is 0 Å². The molecule has 2 aromatic heterocycles. The van der Waals surface area contributed by atoms with Crippen molar-refractivity contribution < 1.29 is 4.79 Å². The molecule has 0 radical (unpaired) electrons. The third-order valence-electron chi connectivity index (χ3n) is 4.78. The molecule has 1 aliphatic heterocycles. The van der Waals surface area contributed by atoms with Gasteiger partial charge in [0, 0.05) is 30.7 Å². The quantitative estimate of drug-likeness (QED) is 0.423. The van der Waals surface area contributed by atoms with Crippen LogP contribution in [0.25, 0.3) is 0 Å². The van der Waals surface area contributed by atoms with E-state index in [4.69, 9.17) is 0 Å². The maximum atomic E-state index is 12.9. The molecule has 1 aliphatic rings. The second-order valence-corrected chi connectivity index (χ2v) is 8.58. The van der Waals surface area contributed by atoms with Gasteiger partial charge in [-0.3, -0.25) is 4.79 Å². The molecule has 0 saturated carbocycles. The fourth-order valence-electron chi connectivity index (χ4n) is 3.48. The lowest BCUT2D eigenvalue weighted by molar-refractivity contribution is -0.116. The summed E-state index contributed by atoms with van der Waals surface area (Å²) in [5.41, 5.74) is 2.26. The van der Waals surface area contributed by atoms with Crippen molar-refractivity contribution >= 4 is 35.1 Å². The Labute approximate surface area is 178 Å².